The smallest absolute Gasteiger partial charge is 0.338 e. The molecule has 0 spiro atoms. The minimum atomic E-state index is -0.592. The summed E-state index contributed by atoms with van der Waals surface area (Å²) in [5, 5.41) is 3.24. The van der Waals surface area contributed by atoms with E-state index in [1.807, 2.05) is 0 Å². The van der Waals surface area contributed by atoms with E-state index >= 15 is 0 Å². The van der Waals surface area contributed by atoms with Crippen molar-refractivity contribution in [3.05, 3.63) is 39.9 Å². The first-order valence-corrected chi connectivity index (χ1v) is 8.12. The minimum absolute atomic E-state index is 0.0729. The quantitative estimate of drug-likeness (QED) is 0.838. The summed E-state index contributed by atoms with van der Waals surface area (Å²) < 4.78 is 6.71. The number of ether oxygens (including phenoxy) is 1. The lowest BCUT2D eigenvalue weighted by atomic mass is 10.1. The van der Waals surface area contributed by atoms with Crippen LogP contribution in [-0.4, -0.2) is 34.1 Å². The number of hydrogen-bond donors (Lipinski definition) is 1. The monoisotopic (exact) mass is 327 g/mol. The number of aryl methyl sites for hydroxylation is 1. The number of amides is 1. The molecule has 1 aliphatic heterocycles. The zero-order valence-electron chi connectivity index (χ0n) is 13.1. The Bertz CT molecular complexity index is 899. The average molecular weight is 327 g/mol. The first-order valence-electron chi connectivity index (χ1n) is 8.12. The van der Waals surface area contributed by atoms with Crippen LogP contribution in [0.15, 0.2) is 23.0 Å². The molecule has 1 aliphatic carbocycles. The number of carbonyl (C=O) groups is 2. The summed E-state index contributed by atoms with van der Waals surface area (Å²) in [6.07, 6.45) is 3.64. The average Bonchev–Trinajstić information content (AvgIpc) is 3.26. The first kappa shape index (κ1) is 14.9. The van der Waals surface area contributed by atoms with Gasteiger partial charge in [0.1, 0.15) is 5.82 Å². The Morgan fingerprint density at radius 2 is 2.17 bits per heavy atom. The van der Waals surface area contributed by atoms with E-state index in [2.05, 4.69) is 10.3 Å². The van der Waals surface area contributed by atoms with Gasteiger partial charge in [-0.25, -0.2) is 9.78 Å². The number of esters is 1. The molecule has 2 aliphatic rings. The predicted molar refractivity (Wildman–Crippen MR) is 85.8 cm³/mol. The summed E-state index contributed by atoms with van der Waals surface area (Å²) in [7, 11) is 0. The molecule has 1 saturated carbocycles. The van der Waals surface area contributed by atoms with Crippen LogP contribution in [0.4, 0.5) is 0 Å². The van der Waals surface area contributed by atoms with Gasteiger partial charge < -0.3 is 10.1 Å². The van der Waals surface area contributed by atoms with E-state index in [0.717, 1.165) is 31.5 Å². The molecule has 24 heavy (non-hydrogen) atoms. The second-order valence-electron chi connectivity index (χ2n) is 6.24. The van der Waals surface area contributed by atoms with E-state index < -0.39 is 5.97 Å². The van der Waals surface area contributed by atoms with Crippen LogP contribution in [0.2, 0.25) is 0 Å². The van der Waals surface area contributed by atoms with Crippen LogP contribution in [0.3, 0.4) is 0 Å². The van der Waals surface area contributed by atoms with Crippen molar-refractivity contribution in [2.45, 2.75) is 38.3 Å². The van der Waals surface area contributed by atoms with Gasteiger partial charge in [-0.15, -0.1) is 0 Å². The molecular weight excluding hydrogens is 310 g/mol. The van der Waals surface area contributed by atoms with Crippen LogP contribution >= 0.6 is 0 Å². The van der Waals surface area contributed by atoms with Crippen LogP contribution in [-0.2, 0) is 22.5 Å². The van der Waals surface area contributed by atoms with Gasteiger partial charge >= 0.3 is 5.97 Å². The van der Waals surface area contributed by atoms with Gasteiger partial charge in [0, 0.05) is 19.0 Å². The molecule has 1 aromatic heterocycles. The third kappa shape index (κ3) is 2.77. The SMILES string of the molecule is O=C(COC(=O)c1ccc2c(=O)n3c(nc2c1)CCC3)NC1CC1. The van der Waals surface area contributed by atoms with Gasteiger partial charge in [-0.1, -0.05) is 0 Å². The fourth-order valence-corrected chi connectivity index (χ4v) is 2.92. The Labute approximate surface area is 137 Å². The van der Waals surface area contributed by atoms with E-state index in [-0.39, 0.29) is 29.7 Å². The normalized spacial score (nSPS) is 16.0. The number of aromatic nitrogens is 2. The lowest BCUT2D eigenvalue weighted by Gasteiger charge is -2.08. The Hall–Kier alpha value is -2.70. The van der Waals surface area contributed by atoms with Gasteiger partial charge in [0.05, 0.1) is 16.5 Å². The number of nitrogens with zero attached hydrogens (tertiary/aromatic N) is 2. The summed E-state index contributed by atoms with van der Waals surface area (Å²) in [6.45, 7) is 0.394. The Morgan fingerprint density at radius 3 is 2.96 bits per heavy atom. The second kappa shape index (κ2) is 5.74. The van der Waals surface area contributed by atoms with E-state index in [9.17, 15) is 14.4 Å². The lowest BCUT2D eigenvalue weighted by molar-refractivity contribution is -0.124. The second-order valence-corrected chi connectivity index (χ2v) is 6.24. The number of rotatable bonds is 4. The molecule has 1 aromatic carbocycles. The van der Waals surface area contributed by atoms with Crippen LogP contribution < -0.4 is 10.9 Å². The summed E-state index contributed by atoms with van der Waals surface area (Å²) in [4.78, 5) is 40.5. The van der Waals surface area contributed by atoms with Crippen molar-refractivity contribution < 1.29 is 14.3 Å². The summed E-state index contributed by atoms with van der Waals surface area (Å²) in [6, 6.07) is 4.92. The first-order chi connectivity index (χ1) is 11.6. The standard InChI is InChI=1S/C17H17N3O4/c21-15(18-11-4-5-11)9-24-17(23)10-3-6-12-13(8-10)19-14-2-1-7-20(14)16(12)22/h3,6,8,11H,1-2,4-5,7,9H2,(H,18,21). The van der Waals surface area contributed by atoms with Gasteiger partial charge in [0.2, 0.25) is 0 Å². The molecule has 1 amide bonds. The molecule has 0 atom stereocenters. The Morgan fingerprint density at radius 1 is 1.33 bits per heavy atom. The molecule has 7 heteroatoms. The number of nitrogens with one attached hydrogen (secondary N) is 1. The van der Waals surface area contributed by atoms with Gasteiger partial charge in [-0.3, -0.25) is 14.2 Å². The van der Waals surface area contributed by atoms with Crippen molar-refractivity contribution in [3.8, 4) is 0 Å². The lowest BCUT2D eigenvalue weighted by Crippen LogP contribution is -2.30. The molecule has 0 bridgehead atoms. The number of benzene rings is 1. The molecule has 124 valence electrons. The van der Waals surface area contributed by atoms with Gasteiger partial charge in [0.15, 0.2) is 6.61 Å². The van der Waals surface area contributed by atoms with Crippen molar-refractivity contribution in [2.24, 2.45) is 0 Å². The van der Waals surface area contributed by atoms with E-state index in [1.54, 1.807) is 16.7 Å². The molecule has 1 N–H and O–H groups in total. The number of carbonyl (C=O) groups excluding carboxylic acids is 2. The maximum Gasteiger partial charge on any atom is 0.338 e. The van der Waals surface area contributed by atoms with Gasteiger partial charge in [-0.2, -0.15) is 0 Å². The Balaban J connectivity index is 1.53. The minimum Gasteiger partial charge on any atom is -0.452 e. The molecule has 0 radical (unpaired) electrons. The largest absolute Gasteiger partial charge is 0.452 e. The van der Waals surface area contributed by atoms with Crippen molar-refractivity contribution in [2.75, 3.05) is 6.61 Å². The maximum atomic E-state index is 12.4. The van der Waals surface area contributed by atoms with Gasteiger partial charge in [-0.05, 0) is 37.5 Å². The number of hydrogen-bond acceptors (Lipinski definition) is 5. The van der Waals surface area contributed by atoms with Crippen LogP contribution in [0.5, 0.6) is 0 Å². The highest BCUT2D eigenvalue weighted by molar-refractivity contribution is 5.95. The molecule has 1 fully saturated rings. The topological polar surface area (TPSA) is 90.3 Å². The van der Waals surface area contributed by atoms with Gasteiger partial charge in [0.25, 0.3) is 11.5 Å². The molecule has 7 nitrogen and oxygen atoms in total. The van der Waals surface area contributed by atoms with Crippen LogP contribution in [0.1, 0.15) is 35.4 Å². The zero-order chi connectivity index (χ0) is 16.7. The molecule has 0 saturated heterocycles. The van der Waals surface area contributed by atoms with E-state index in [0.29, 0.717) is 17.4 Å². The zero-order valence-corrected chi connectivity index (χ0v) is 13.1. The molecule has 2 aromatic rings. The summed E-state index contributed by atoms with van der Waals surface area (Å²) in [5.41, 5.74) is 0.706. The fraction of sp³-hybridized carbons (Fsp3) is 0.412. The maximum absolute atomic E-state index is 12.4. The molecule has 2 heterocycles. The van der Waals surface area contributed by atoms with E-state index in [1.165, 1.54) is 6.07 Å². The summed E-state index contributed by atoms with van der Waals surface area (Å²) >= 11 is 0. The third-order valence-electron chi connectivity index (χ3n) is 4.33. The highest BCUT2D eigenvalue weighted by Gasteiger charge is 2.24. The number of fused-ring (bicyclic) bond motifs is 2. The summed E-state index contributed by atoms with van der Waals surface area (Å²) in [5.74, 6) is -0.132. The fourth-order valence-electron chi connectivity index (χ4n) is 2.92. The molecular formula is C17H17N3O4. The highest BCUT2D eigenvalue weighted by Crippen LogP contribution is 2.18. The highest BCUT2D eigenvalue weighted by atomic mass is 16.5. The molecule has 4 rings (SSSR count). The third-order valence-corrected chi connectivity index (χ3v) is 4.33. The van der Waals surface area contributed by atoms with Crippen molar-refractivity contribution >= 4 is 22.8 Å². The van der Waals surface area contributed by atoms with E-state index in [4.69, 9.17) is 4.74 Å². The van der Waals surface area contributed by atoms with Crippen molar-refractivity contribution in [1.29, 1.82) is 0 Å². The van der Waals surface area contributed by atoms with Crippen LogP contribution in [0.25, 0.3) is 10.9 Å². The molecule has 0 unspecified atom stereocenters. The van der Waals surface area contributed by atoms with Crippen LogP contribution in [0, 0.1) is 0 Å². The van der Waals surface area contributed by atoms with Crippen molar-refractivity contribution in [1.82, 2.24) is 14.9 Å². The van der Waals surface area contributed by atoms with Crippen molar-refractivity contribution in [3.63, 3.8) is 0 Å². The predicted octanol–water partition coefficient (Wildman–Crippen LogP) is 0.778. The Kier molecular flexibility index (Phi) is 3.55.